The number of hydrogen-bond acceptors (Lipinski definition) is 8. The molecule has 2 aliphatic heterocycles. The molecule has 0 fully saturated rings. The molecule has 0 atom stereocenters. The minimum Gasteiger partial charge on any atom is -0.461 e. The topological polar surface area (TPSA) is 135 Å². The van der Waals surface area contributed by atoms with Crippen molar-refractivity contribution in [1.82, 2.24) is 39.9 Å². The number of benzene rings is 15. The highest BCUT2D eigenvalue weighted by Crippen LogP contribution is 2.50. The second-order valence-corrected chi connectivity index (χ2v) is 42.0. The van der Waals surface area contributed by atoms with E-state index in [9.17, 15) is 4.79 Å². The highest BCUT2D eigenvalue weighted by Gasteiger charge is 2.31. The van der Waals surface area contributed by atoms with Gasteiger partial charge in [-0.1, -0.05) is 355 Å². The first-order valence-electron chi connectivity index (χ1n) is 45.6. The van der Waals surface area contributed by atoms with Crippen molar-refractivity contribution < 1.29 is 9.53 Å². The van der Waals surface area contributed by atoms with Crippen molar-refractivity contribution in [2.75, 3.05) is 0 Å². The SMILES string of the molecule is CC(C)(C)c1ccc(-c2cc3c(cc2-c2ccc(C(C)(C)C)cc2)-c2nc-3nc3[nH]c(nc4nc(nc5[nH]c(n2)c2cc(-c6ccc(C(C)(C)C)cc6)c(-c6ccc(C(C)(C)C)cc6)cc52)-c2cc(-c5ccc(C(C)(C)C)cc5)c(-c5ccc(C(C)(C)C)cc5)cc2-4)c2cc(-c4ccc(COC(=O)CCCc5ccc6ccc7cccc8ccc5c6c78)cc4)ccc32)cc1. The van der Waals surface area contributed by atoms with E-state index in [0.717, 1.165) is 134 Å². The monoisotopic (exact) mass is 1680 g/mol. The fourth-order valence-corrected chi connectivity index (χ4v) is 18.9. The molecule has 0 spiro atoms. The van der Waals surface area contributed by atoms with E-state index in [1.807, 2.05) is 0 Å². The van der Waals surface area contributed by atoms with E-state index in [1.54, 1.807) is 0 Å². The average Bonchev–Trinajstić information content (AvgIpc) is 1.65. The molecule has 8 bridgehead atoms. The van der Waals surface area contributed by atoms with Gasteiger partial charge in [0.15, 0.2) is 23.3 Å². The summed E-state index contributed by atoms with van der Waals surface area (Å²) in [6, 6.07) is 103. The molecule has 0 amide bonds. The number of aryl methyl sites for hydroxylation is 1. The standard InChI is InChI=1S/C119H110N8O2/c1-114(2,3)82-47-33-72(34-48-82)90-62-97-98(63-91(90)73-35-49-83(50-36-73)115(4,5)6)110-123-108(97)121-106-89-60-46-81(70-27-25-69(26-28-70)68-129-103(128)24-20-21-71-29-30-80-32-31-78-22-19-23-79-45-59-88(71)105(80)104(78)79)61-96(89)107(120-106)122-109-99-64-92(74-37-51-84(52-38-74)116(7,8)9)93(75-39-53-85(54-40-75)117(10,11)12)65-100(99)111(124-109)126-113-102-67-95(77-43-57-87(58-44-77)119(16,17)18)94(66-101(102)112(125-110)127-113)76-41-55-86(56-42-76)118(13,14)15/h19,22-23,25-67H,20-21,24,68H2,1-18H3,(H2,120,121,122,123,124,125,126,127). The Balaban J connectivity index is 0.801. The lowest BCUT2D eigenvalue weighted by atomic mass is 9.84. The Labute approximate surface area is 756 Å². The zero-order chi connectivity index (χ0) is 89.7. The van der Waals surface area contributed by atoms with E-state index in [0.29, 0.717) is 58.7 Å². The molecular weight excluding hydrogens is 1570 g/mol. The van der Waals surface area contributed by atoms with Gasteiger partial charge in [0.05, 0.1) is 0 Å². The summed E-state index contributed by atoms with van der Waals surface area (Å²) in [7, 11) is 0. The molecule has 18 aromatic rings. The average molecular weight is 1680 g/mol. The van der Waals surface area contributed by atoms with Gasteiger partial charge in [-0.15, -0.1) is 0 Å². The molecule has 0 saturated heterocycles. The van der Waals surface area contributed by atoms with Gasteiger partial charge in [0, 0.05) is 50.2 Å². The van der Waals surface area contributed by atoms with Gasteiger partial charge in [-0.2, -0.15) is 0 Å². The fourth-order valence-electron chi connectivity index (χ4n) is 18.9. The van der Waals surface area contributed by atoms with Crippen LogP contribution in [0.25, 0.3) is 200 Å². The minimum absolute atomic E-state index is 0.0676. The third kappa shape index (κ3) is 15.8. The van der Waals surface area contributed by atoms with Gasteiger partial charge >= 0.3 is 5.97 Å². The van der Waals surface area contributed by atoms with E-state index in [1.165, 1.54) is 71.3 Å². The van der Waals surface area contributed by atoms with E-state index in [-0.39, 0.29) is 45.1 Å². The molecule has 20 rings (SSSR count). The second-order valence-electron chi connectivity index (χ2n) is 42.0. The highest BCUT2D eigenvalue weighted by atomic mass is 16.5. The third-order valence-electron chi connectivity index (χ3n) is 26.7. The van der Waals surface area contributed by atoms with Gasteiger partial charge in [-0.3, -0.25) is 4.79 Å². The molecule has 129 heavy (non-hydrogen) atoms. The number of nitrogens with one attached hydrogen (secondary N) is 2. The summed E-state index contributed by atoms with van der Waals surface area (Å²) in [5, 5.41) is 10.9. The number of nitrogens with zero attached hydrogens (tertiary/aromatic N) is 6. The van der Waals surface area contributed by atoms with E-state index in [4.69, 9.17) is 34.6 Å². The number of H-pyrrole nitrogens is 2. The fraction of sp³-hybridized carbons (Fsp3) is 0.235. The number of rotatable bonds is 13. The van der Waals surface area contributed by atoms with Crippen molar-refractivity contribution >= 4 is 82.4 Å². The summed E-state index contributed by atoms with van der Waals surface area (Å²) in [6.07, 6.45) is 1.76. The van der Waals surface area contributed by atoms with Gasteiger partial charge in [0.1, 0.15) is 29.2 Å². The van der Waals surface area contributed by atoms with Gasteiger partial charge in [0.25, 0.3) is 0 Å². The molecule has 5 heterocycles. The van der Waals surface area contributed by atoms with Crippen LogP contribution in [-0.2, 0) is 55.0 Å². The van der Waals surface area contributed by atoms with E-state index < -0.39 is 0 Å². The quantitative estimate of drug-likeness (QED) is 0.0861. The van der Waals surface area contributed by atoms with Crippen LogP contribution in [0.3, 0.4) is 0 Å². The molecule has 0 aliphatic carbocycles. The zero-order valence-electron chi connectivity index (χ0n) is 77.4. The Morgan fingerprint density at radius 2 is 0.550 bits per heavy atom. The Kier molecular flexibility index (Phi) is 20.2. The first kappa shape index (κ1) is 83.4. The van der Waals surface area contributed by atoms with Gasteiger partial charge in [-0.05, 0) is 249 Å². The van der Waals surface area contributed by atoms with E-state index >= 15 is 0 Å². The first-order valence-corrected chi connectivity index (χ1v) is 45.6. The molecule has 0 saturated carbocycles. The molecule has 2 N–H and O–H groups in total. The summed E-state index contributed by atoms with van der Waals surface area (Å²) in [5.74, 6) is 1.73. The predicted octanol–water partition coefficient (Wildman–Crippen LogP) is 31.3. The van der Waals surface area contributed by atoms with Gasteiger partial charge in [0.2, 0.25) is 0 Å². The van der Waals surface area contributed by atoms with Crippen LogP contribution in [0.5, 0.6) is 0 Å². The zero-order valence-corrected chi connectivity index (χ0v) is 77.4. The van der Waals surface area contributed by atoms with Gasteiger partial charge in [-0.25, -0.2) is 29.9 Å². The summed E-state index contributed by atoms with van der Waals surface area (Å²) in [5.41, 5.74) is 29.4. The molecule has 10 heteroatoms. The van der Waals surface area contributed by atoms with Crippen LogP contribution in [0.1, 0.15) is 182 Å². The molecule has 2 aliphatic rings. The lowest BCUT2D eigenvalue weighted by molar-refractivity contribution is -0.145. The number of carbonyl (C=O) groups is 1. The summed E-state index contributed by atoms with van der Waals surface area (Å²) < 4.78 is 6.03. The smallest absolute Gasteiger partial charge is 0.306 e. The maximum Gasteiger partial charge on any atom is 0.306 e. The lowest BCUT2D eigenvalue weighted by Crippen LogP contribution is -2.10. The number of esters is 1. The second kappa shape index (κ2) is 31.3. The van der Waals surface area contributed by atoms with Gasteiger partial charge < -0.3 is 14.7 Å². The molecular formula is C119H110N8O2. The molecule has 0 unspecified atom stereocenters. The largest absolute Gasteiger partial charge is 0.461 e. The maximum absolute atomic E-state index is 13.6. The number of hydrogen-bond donors (Lipinski definition) is 2. The van der Waals surface area contributed by atoms with Crippen molar-refractivity contribution in [3.05, 3.63) is 324 Å². The van der Waals surface area contributed by atoms with Crippen LogP contribution in [0, 0.1) is 0 Å². The van der Waals surface area contributed by atoms with Crippen molar-refractivity contribution in [2.24, 2.45) is 0 Å². The maximum atomic E-state index is 13.6. The van der Waals surface area contributed by atoms with Crippen molar-refractivity contribution in [2.45, 2.75) is 183 Å². The highest BCUT2D eigenvalue weighted by molar-refractivity contribution is 6.24. The number of aromatic nitrogens is 8. The van der Waals surface area contributed by atoms with Crippen molar-refractivity contribution in [3.8, 4) is 123 Å². The minimum atomic E-state index is -0.217. The molecule has 638 valence electrons. The van der Waals surface area contributed by atoms with Crippen LogP contribution < -0.4 is 0 Å². The molecule has 3 aromatic heterocycles. The summed E-state index contributed by atoms with van der Waals surface area (Å²) >= 11 is 0. The Bertz CT molecular complexity index is 7670. The first-order chi connectivity index (χ1) is 61.5. The molecule has 0 radical (unpaired) electrons. The third-order valence-corrected chi connectivity index (χ3v) is 26.7. The van der Waals surface area contributed by atoms with E-state index in [2.05, 4.69) is 414 Å². The number of fused-ring (bicyclic) bond motifs is 20. The molecule has 10 nitrogen and oxygen atoms in total. The summed E-state index contributed by atoms with van der Waals surface area (Å²) in [6.45, 7) is 40.9. The van der Waals surface area contributed by atoms with Crippen LogP contribution >= 0.6 is 0 Å². The van der Waals surface area contributed by atoms with Crippen LogP contribution in [-0.4, -0.2) is 45.8 Å². The predicted molar refractivity (Wildman–Crippen MR) is 539 cm³/mol. The normalized spacial score (nSPS) is 12.7. The number of ether oxygens (including phenoxy) is 1. The van der Waals surface area contributed by atoms with Crippen molar-refractivity contribution in [1.29, 1.82) is 0 Å². The Hall–Kier alpha value is -13.8. The van der Waals surface area contributed by atoms with Crippen LogP contribution in [0.4, 0.5) is 0 Å². The van der Waals surface area contributed by atoms with Crippen LogP contribution in [0.2, 0.25) is 0 Å². The molecule has 15 aromatic carbocycles. The number of aromatic amines is 2. The summed E-state index contributed by atoms with van der Waals surface area (Å²) in [4.78, 5) is 56.3. The van der Waals surface area contributed by atoms with Crippen molar-refractivity contribution in [3.63, 3.8) is 0 Å². The number of carbonyl (C=O) groups excluding carboxylic acids is 1. The Morgan fingerprint density at radius 1 is 0.264 bits per heavy atom. The van der Waals surface area contributed by atoms with Crippen LogP contribution in [0.15, 0.2) is 279 Å². The lowest BCUT2D eigenvalue weighted by Gasteiger charge is -2.21. The Morgan fingerprint density at radius 3 is 0.899 bits per heavy atom.